The molecular weight excluding hydrogens is 234 g/mol. The highest BCUT2D eigenvalue weighted by Crippen LogP contribution is 2.27. The van der Waals surface area contributed by atoms with Gasteiger partial charge in [-0.2, -0.15) is 0 Å². The van der Waals surface area contributed by atoms with E-state index in [1.54, 1.807) is 0 Å². The van der Waals surface area contributed by atoms with Crippen LogP contribution in [0.1, 0.15) is 18.8 Å². The van der Waals surface area contributed by atoms with Crippen molar-refractivity contribution in [2.75, 3.05) is 0 Å². The fourth-order valence-electron chi connectivity index (χ4n) is 0.638. The Balaban J connectivity index is 3.17. The summed E-state index contributed by atoms with van der Waals surface area (Å²) in [6, 6.07) is 0. The van der Waals surface area contributed by atoms with E-state index in [-0.39, 0.29) is 10.8 Å². The number of hydrogen-bond acceptors (Lipinski definition) is 2. The van der Waals surface area contributed by atoms with Crippen molar-refractivity contribution in [3.63, 3.8) is 0 Å². The summed E-state index contributed by atoms with van der Waals surface area (Å²) in [6.45, 7) is 1.39. The second-order valence-electron chi connectivity index (χ2n) is 1.98. The van der Waals surface area contributed by atoms with Crippen molar-refractivity contribution in [3.05, 3.63) is 21.6 Å². The second-order valence-corrected chi connectivity index (χ2v) is 3.13. The highest BCUT2D eigenvalue weighted by molar-refractivity contribution is 9.10. The standard InChI is InChI=1S/C6H5BrClFN2/c1-3(9)5-4(7)6(8)11-2-10-5/h2-3H,1H3. The Bertz CT molecular complexity index is 267. The Morgan fingerprint density at radius 1 is 1.64 bits per heavy atom. The van der Waals surface area contributed by atoms with Crippen LogP contribution in [0.3, 0.4) is 0 Å². The van der Waals surface area contributed by atoms with Crippen LogP contribution in [0.15, 0.2) is 10.8 Å². The minimum absolute atomic E-state index is 0.236. The van der Waals surface area contributed by atoms with E-state index >= 15 is 0 Å². The summed E-state index contributed by atoms with van der Waals surface area (Å²) in [6.07, 6.45) is 0.100. The maximum Gasteiger partial charge on any atom is 0.147 e. The Labute approximate surface area is 76.9 Å². The van der Waals surface area contributed by atoms with Gasteiger partial charge in [0.2, 0.25) is 0 Å². The van der Waals surface area contributed by atoms with Gasteiger partial charge in [-0.3, -0.25) is 0 Å². The van der Waals surface area contributed by atoms with Gasteiger partial charge in [0.1, 0.15) is 17.7 Å². The van der Waals surface area contributed by atoms with E-state index in [1.807, 2.05) is 0 Å². The molecule has 1 aromatic heterocycles. The molecule has 0 saturated carbocycles. The third-order valence-electron chi connectivity index (χ3n) is 1.15. The van der Waals surface area contributed by atoms with Gasteiger partial charge in [0.15, 0.2) is 0 Å². The first-order valence-corrected chi connectivity index (χ1v) is 4.10. The molecule has 0 aromatic carbocycles. The van der Waals surface area contributed by atoms with E-state index in [4.69, 9.17) is 11.6 Å². The molecule has 1 aromatic rings. The van der Waals surface area contributed by atoms with Crippen molar-refractivity contribution < 1.29 is 4.39 Å². The maximum absolute atomic E-state index is 12.7. The zero-order valence-corrected chi connectivity index (χ0v) is 8.02. The summed E-state index contributed by atoms with van der Waals surface area (Å²) in [4.78, 5) is 7.38. The first-order valence-electron chi connectivity index (χ1n) is 2.93. The van der Waals surface area contributed by atoms with Crippen LogP contribution in [0, 0.1) is 0 Å². The lowest BCUT2D eigenvalue weighted by Gasteiger charge is -2.03. The summed E-state index contributed by atoms with van der Waals surface area (Å²) < 4.78 is 13.1. The van der Waals surface area contributed by atoms with Gasteiger partial charge in [-0.05, 0) is 22.9 Å². The second kappa shape index (κ2) is 3.45. The maximum atomic E-state index is 12.7. The lowest BCUT2D eigenvalue weighted by molar-refractivity contribution is 0.364. The molecule has 11 heavy (non-hydrogen) atoms. The number of halogens is 3. The van der Waals surface area contributed by atoms with Gasteiger partial charge in [-0.25, -0.2) is 14.4 Å². The van der Waals surface area contributed by atoms with Crippen LogP contribution in [-0.2, 0) is 0 Å². The van der Waals surface area contributed by atoms with Crippen molar-refractivity contribution in [1.82, 2.24) is 9.97 Å². The molecule has 5 heteroatoms. The summed E-state index contributed by atoms with van der Waals surface area (Å²) >= 11 is 8.68. The number of aromatic nitrogens is 2. The molecule has 1 unspecified atom stereocenters. The highest BCUT2D eigenvalue weighted by atomic mass is 79.9. The molecule has 1 heterocycles. The Morgan fingerprint density at radius 3 is 2.73 bits per heavy atom. The lowest BCUT2D eigenvalue weighted by atomic mass is 10.3. The molecule has 0 bridgehead atoms. The van der Waals surface area contributed by atoms with E-state index in [9.17, 15) is 4.39 Å². The van der Waals surface area contributed by atoms with Crippen molar-refractivity contribution in [3.8, 4) is 0 Å². The molecule has 1 rings (SSSR count). The van der Waals surface area contributed by atoms with Crippen LogP contribution in [-0.4, -0.2) is 9.97 Å². The van der Waals surface area contributed by atoms with Gasteiger partial charge in [-0.1, -0.05) is 11.6 Å². The molecule has 2 nitrogen and oxygen atoms in total. The average Bonchev–Trinajstić information content (AvgIpc) is 1.94. The van der Waals surface area contributed by atoms with Crippen LogP contribution in [0.25, 0.3) is 0 Å². The fraction of sp³-hybridized carbons (Fsp3) is 0.333. The zero-order chi connectivity index (χ0) is 8.43. The van der Waals surface area contributed by atoms with E-state index < -0.39 is 6.17 Å². The quantitative estimate of drug-likeness (QED) is 0.704. The van der Waals surface area contributed by atoms with E-state index in [0.29, 0.717) is 4.47 Å². The monoisotopic (exact) mass is 238 g/mol. The molecule has 0 fully saturated rings. The molecule has 0 aliphatic rings. The molecule has 1 atom stereocenters. The molecule has 0 aliphatic carbocycles. The number of hydrogen-bond donors (Lipinski definition) is 0. The topological polar surface area (TPSA) is 25.8 Å². The molecule has 0 aliphatic heterocycles. The molecular formula is C6H5BrClFN2. The van der Waals surface area contributed by atoms with Gasteiger partial charge in [0.25, 0.3) is 0 Å². The average molecular weight is 239 g/mol. The fourth-order valence-corrected chi connectivity index (χ4v) is 1.30. The summed E-state index contributed by atoms with van der Waals surface area (Å²) in [5.41, 5.74) is 0.282. The highest BCUT2D eigenvalue weighted by Gasteiger charge is 2.11. The predicted molar refractivity (Wildman–Crippen MR) is 44.3 cm³/mol. The van der Waals surface area contributed by atoms with Crippen LogP contribution in [0.4, 0.5) is 4.39 Å². The van der Waals surface area contributed by atoms with Gasteiger partial charge in [0.05, 0.1) is 10.2 Å². The number of nitrogens with zero attached hydrogens (tertiary/aromatic N) is 2. The predicted octanol–water partition coefficient (Wildman–Crippen LogP) is 2.92. The zero-order valence-electron chi connectivity index (χ0n) is 5.68. The first-order chi connectivity index (χ1) is 5.13. The van der Waals surface area contributed by atoms with Crippen molar-refractivity contribution in [2.24, 2.45) is 0 Å². The van der Waals surface area contributed by atoms with Gasteiger partial charge >= 0.3 is 0 Å². The van der Waals surface area contributed by atoms with Crippen LogP contribution >= 0.6 is 27.5 Å². The number of alkyl halides is 1. The van der Waals surface area contributed by atoms with Gasteiger partial charge in [0, 0.05) is 0 Å². The lowest BCUT2D eigenvalue weighted by Crippen LogP contribution is -1.94. The molecule has 0 saturated heterocycles. The summed E-state index contributed by atoms with van der Waals surface area (Å²) in [7, 11) is 0. The minimum atomic E-state index is -1.13. The normalized spacial score (nSPS) is 13.1. The third kappa shape index (κ3) is 1.87. The van der Waals surface area contributed by atoms with Gasteiger partial charge in [-0.15, -0.1) is 0 Å². The number of rotatable bonds is 1. The minimum Gasteiger partial charge on any atom is -0.241 e. The Kier molecular flexibility index (Phi) is 2.78. The molecule has 0 radical (unpaired) electrons. The largest absolute Gasteiger partial charge is 0.241 e. The first kappa shape index (κ1) is 8.87. The summed E-state index contributed by atoms with van der Waals surface area (Å²) in [5.74, 6) is 0. The van der Waals surface area contributed by atoms with Crippen molar-refractivity contribution >= 4 is 27.5 Å². The van der Waals surface area contributed by atoms with Crippen molar-refractivity contribution in [1.29, 1.82) is 0 Å². The van der Waals surface area contributed by atoms with Crippen LogP contribution < -0.4 is 0 Å². The van der Waals surface area contributed by atoms with Crippen molar-refractivity contribution in [2.45, 2.75) is 13.1 Å². The molecule has 60 valence electrons. The smallest absolute Gasteiger partial charge is 0.147 e. The van der Waals surface area contributed by atoms with Gasteiger partial charge < -0.3 is 0 Å². The van der Waals surface area contributed by atoms with Crippen LogP contribution in [0.5, 0.6) is 0 Å². The molecule has 0 spiro atoms. The van der Waals surface area contributed by atoms with E-state index in [0.717, 1.165) is 0 Å². The van der Waals surface area contributed by atoms with E-state index in [2.05, 4.69) is 25.9 Å². The SMILES string of the molecule is CC(F)c1ncnc(Cl)c1Br. The molecule has 0 N–H and O–H groups in total. The third-order valence-corrected chi connectivity index (χ3v) is 2.45. The van der Waals surface area contributed by atoms with E-state index in [1.165, 1.54) is 13.3 Å². The Morgan fingerprint density at radius 2 is 2.27 bits per heavy atom. The van der Waals surface area contributed by atoms with Crippen LogP contribution in [0.2, 0.25) is 5.15 Å². The molecule has 0 amide bonds. The Hall–Kier alpha value is -0.220. The summed E-state index contributed by atoms with van der Waals surface area (Å²) in [5, 5.41) is 0.236.